The lowest BCUT2D eigenvalue weighted by Crippen LogP contribution is -2.40. The van der Waals surface area contributed by atoms with Gasteiger partial charge in [0.15, 0.2) is 5.82 Å². The lowest BCUT2D eigenvalue weighted by atomic mass is 9.94. The molecular weight excluding hydrogens is 258 g/mol. The van der Waals surface area contributed by atoms with E-state index >= 15 is 0 Å². The molecule has 0 unspecified atom stereocenters. The molecule has 4 nitrogen and oxygen atoms in total. The van der Waals surface area contributed by atoms with Crippen molar-refractivity contribution in [2.75, 3.05) is 11.9 Å². The zero-order chi connectivity index (χ0) is 13.7. The second-order valence-electron chi connectivity index (χ2n) is 4.56. The Bertz CT molecular complexity index is 500. The van der Waals surface area contributed by atoms with Gasteiger partial charge in [0.1, 0.15) is 0 Å². The summed E-state index contributed by atoms with van der Waals surface area (Å²) in [5, 5.41) is 13.6. The molecule has 0 saturated carbocycles. The molecular formula is C14H19N3OS. The minimum Gasteiger partial charge on any atom is -0.394 e. The van der Waals surface area contributed by atoms with E-state index in [1.807, 2.05) is 30.3 Å². The maximum absolute atomic E-state index is 9.56. The molecule has 0 aliphatic rings. The Balaban J connectivity index is 2.18. The van der Waals surface area contributed by atoms with Gasteiger partial charge in [0.2, 0.25) is 5.13 Å². The van der Waals surface area contributed by atoms with Crippen LogP contribution in [-0.4, -0.2) is 26.6 Å². The monoisotopic (exact) mass is 277 g/mol. The molecule has 1 aromatic carbocycles. The van der Waals surface area contributed by atoms with Crippen LogP contribution in [0.25, 0.3) is 11.4 Å². The average Bonchev–Trinajstić information content (AvgIpc) is 2.94. The van der Waals surface area contributed by atoms with Crippen molar-refractivity contribution in [3.05, 3.63) is 30.3 Å². The highest BCUT2D eigenvalue weighted by molar-refractivity contribution is 7.09. The number of hydrogen-bond donors (Lipinski definition) is 2. The van der Waals surface area contributed by atoms with Gasteiger partial charge in [0, 0.05) is 17.1 Å². The lowest BCUT2D eigenvalue weighted by Gasteiger charge is -2.30. The predicted octanol–water partition coefficient (Wildman–Crippen LogP) is 3.17. The molecule has 0 aliphatic heterocycles. The van der Waals surface area contributed by atoms with Crippen LogP contribution < -0.4 is 5.32 Å². The van der Waals surface area contributed by atoms with Crippen LogP contribution in [0.4, 0.5) is 5.13 Å². The van der Waals surface area contributed by atoms with Crippen molar-refractivity contribution in [2.45, 2.75) is 32.2 Å². The van der Waals surface area contributed by atoms with E-state index in [0.717, 1.165) is 29.4 Å². The van der Waals surface area contributed by atoms with Crippen LogP contribution in [0.3, 0.4) is 0 Å². The number of aromatic nitrogens is 2. The Morgan fingerprint density at radius 2 is 1.89 bits per heavy atom. The minimum absolute atomic E-state index is 0.0975. The van der Waals surface area contributed by atoms with E-state index in [-0.39, 0.29) is 12.1 Å². The van der Waals surface area contributed by atoms with Gasteiger partial charge >= 0.3 is 0 Å². The summed E-state index contributed by atoms with van der Waals surface area (Å²) in [7, 11) is 0. The molecule has 0 bridgehead atoms. The topological polar surface area (TPSA) is 58.0 Å². The molecule has 0 saturated heterocycles. The van der Waals surface area contributed by atoms with Gasteiger partial charge in [0.25, 0.3) is 0 Å². The van der Waals surface area contributed by atoms with E-state index in [1.54, 1.807) is 0 Å². The number of aliphatic hydroxyl groups is 1. The van der Waals surface area contributed by atoms with Gasteiger partial charge in [-0.15, -0.1) is 0 Å². The fourth-order valence-corrected chi connectivity index (χ4v) is 2.60. The first-order valence-corrected chi connectivity index (χ1v) is 7.28. The number of hydrogen-bond acceptors (Lipinski definition) is 5. The summed E-state index contributed by atoms with van der Waals surface area (Å²) in [6.07, 6.45) is 1.69. The van der Waals surface area contributed by atoms with Crippen LogP contribution in [0.5, 0.6) is 0 Å². The van der Waals surface area contributed by atoms with Crippen LogP contribution in [0.2, 0.25) is 0 Å². The number of benzene rings is 1. The molecule has 0 radical (unpaired) electrons. The number of rotatable bonds is 6. The van der Waals surface area contributed by atoms with Crippen LogP contribution in [0.15, 0.2) is 30.3 Å². The quantitative estimate of drug-likeness (QED) is 0.851. The molecule has 2 rings (SSSR count). The van der Waals surface area contributed by atoms with E-state index in [1.165, 1.54) is 11.5 Å². The first kappa shape index (κ1) is 14.0. The molecule has 0 aliphatic carbocycles. The highest BCUT2D eigenvalue weighted by Crippen LogP contribution is 2.26. The van der Waals surface area contributed by atoms with Gasteiger partial charge in [-0.25, -0.2) is 0 Å². The van der Waals surface area contributed by atoms with Crippen molar-refractivity contribution in [3.8, 4) is 11.4 Å². The summed E-state index contributed by atoms with van der Waals surface area (Å²) < 4.78 is 4.36. The zero-order valence-electron chi connectivity index (χ0n) is 11.3. The van der Waals surface area contributed by atoms with Crippen LogP contribution in [0.1, 0.15) is 26.7 Å². The number of nitrogens with one attached hydrogen (secondary N) is 1. The third kappa shape index (κ3) is 3.11. The van der Waals surface area contributed by atoms with Gasteiger partial charge in [-0.05, 0) is 12.8 Å². The molecule has 2 N–H and O–H groups in total. The predicted molar refractivity (Wildman–Crippen MR) is 79.4 cm³/mol. The van der Waals surface area contributed by atoms with E-state index in [4.69, 9.17) is 0 Å². The standard InChI is InChI=1S/C14H19N3OS/c1-3-14(4-2,10-18)16-13-15-12(17-19-13)11-8-6-5-7-9-11/h5-9,18H,3-4,10H2,1-2H3,(H,15,16,17). The fourth-order valence-electron chi connectivity index (χ4n) is 1.90. The van der Waals surface area contributed by atoms with E-state index in [2.05, 4.69) is 28.5 Å². The SMILES string of the molecule is CCC(CC)(CO)Nc1nc(-c2ccccc2)ns1. The van der Waals surface area contributed by atoms with Crippen LogP contribution >= 0.6 is 11.5 Å². The van der Waals surface area contributed by atoms with Crippen LogP contribution in [-0.2, 0) is 0 Å². The third-order valence-corrected chi connectivity index (χ3v) is 4.12. The summed E-state index contributed by atoms with van der Waals surface area (Å²) >= 11 is 1.33. The Kier molecular flexibility index (Phi) is 4.50. The van der Waals surface area contributed by atoms with E-state index in [0.29, 0.717) is 0 Å². The Hall–Kier alpha value is -1.46. The van der Waals surface area contributed by atoms with Gasteiger partial charge < -0.3 is 10.4 Å². The zero-order valence-corrected chi connectivity index (χ0v) is 12.1. The van der Waals surface area contributed by atoms with Crippen molar-refractivity contribution in [3.63, 3.8) is 0 Å². The van der Waals surface area contributed by atoms with Crippen molar-refractivity contribution in [1.29, 1.82) is 0 Å². The van der Waals surface area contributed by atoms with Crippen molar-refractivity contribution >= 4 is 16.7 Å². The Morgan fingerprint density at radius 3 is 2.47 bits per heavy atom. The van der Waals surface area contributed by atoms with Crippen molar-refractivity contribution < 1.29 is 5.11 Å². The first-order valence-electron chi connectivity index (χ1n) is 6.51. The summed E-state index contributed by atoms with van der Waals surface area (Å²) in [5.41, 5.74) is 0.711. The molecule has 1 heterocycles. The third-order valence-electron chi connectivity index (χ3n) is 3.49. The molecule has 1 aromatic heterocycles. The summed E-state index contributed by atoms with van der Waals surface area (Å²) in [6.45, 7) is 4.22. The number of nitrogens with zero attached hydrogens (tertiary/aromatic N) is 2. The summed E-state index contributed by atoms with van der Waals surface area (Å²) in [6, 6.07) is 9.90. The molecule has 2 aromatic rings. The number of anilines is 1. The summed E-state index contributed by atoms with van der Waals surface area (Å²) in [4.78, 5) is 4.49. The molecule has 5 heteroatoms. The smallest absolute Gasteiger partial charge is 0.203 e. The molecule has 0 amide bonds. The molecule has 19 heavy (non-hydrogen) atoms. The fraction of sp³-hybridized carbons (Fsp3) is 0.429. The Morgan fingerprint density at radius 1 is 1.21 bits per heavy atom. The van der Waals surface area contributed by atoms with Crippen molar-refractivity contribution in [2.24, 2.45) is 0 Å². The Labute approximate surface area is 117 Å². The summed E-state index contributed by atoms with van der Waals surface area (Å²) in [5.74, 6) is 0.729. The van der Waals surface area contributed by atoms with Gasteiger partial charge in [-0.2, -0.15) is 9.36 Å². The van der Waals surface area contributed by atoms with E-state index in [9.17, 15) is 5.11 Å². The van der Waals surface area contributed by atoms with Crippen LogP contribution in [0, 0.1) is 0 Å². The molecule has 0 fully saturated rings. The second-order valence-corrected chi connectivity index (χ2v) is 5.31. The second kappa shape index (κ2) is 6.12. The average molecular weight is 277 g/mol. The normalized spacial score (nSPS) is 11.5. The van der Waals surface area contributed by atoms with Gasteiger partial charge in [-0.1, -0.05) is 44.2 Å². The van der Waals surface area contributed by atoms with Gasteiger partial charge in [0.05, 0.1) is 12.1 Å². The van der Waals surface area contributed by atoms with Crippen molar-refractivity contribution in [1.82, 2.24) is 9.36 Å². The molecule has 102 valence electrons. The highest BCUT2D eigenvalue weighted by Gasteiger charge is 2.26. The minimum atomic E-state index is -0.298. The maximum Gasteiger partial charge on any atom is 0.203 e. The van der Waals surface area contributed by atoms with Gasteiger partial charge in [-0.3, -0.25) is 0 Å². The highest BCUT2D eigenvalue weighted by atomic mass is 32.1. The number of aliphatic hydroxyl groups excluding tert-OH is 1. The van der Waals surface area contributed by atoms with E-state index < -0.39 is 0 Å². The maximum atomic E-state index is 9.56. The molecule has 0 spiro atoms. The lowest BCUT2D eigenvalue weighted by molar-refractivity contribution is 0.202. The molecule has 0 atom stereocenters. The largest absolute Gasteiger partial charge is 0.394 e. The first-order chi connectivity index (χ1) is 9.23.